The Morgan fingerprint density at radius 1 is 1.29 bits per heavy atom. The molecule has 0 amide bonds. The van der Waals surface area contributed by atoms with Crippen molar-refractivity contribution < 1.29 is 41.0 Å². The highest BCUT2D eigenvalue weighted by Gasteiger charge is 2.39. The van der Waals surface area contributed by atoms with Crippen LogP contribution in [-0.2, 0) is 22.7 Å². The van der Waals surface area contributed by atoms with Crippen molar-refractivity contribution in [3.8, 4) is 5.88 Å². The fourth-order valence-corrected chi connectivity index (χ4v) is 1.96. The molecule has 0 aliphatic rings. The molecule has 0 fully saturated rings. The SMILES string of the molecule is O=C(O)Cc1nc(OC(F)(F)F)cc(CBr)c1C(F)(F)F. The van der Waals surface area contributed by atoms with Crippen molar-refractivity contribution in [2.45, 2.75) is 24.3 Å². The lowest BCUT2D eigenvalue weighted by atomic mass is 10.0. The number of carboxylic acids is 1. The zero-order valence-electron chi connectivity index (χ0n) is 9.85. The molecule has 1 aromatic rings. The second-order valence-corrected chi connectivity index (χ2v) is 4.25. The Hall–Kier alpha value is -1.52. The van der Waals surface area contributed by atoms with Crippen LogP contribution < -0.4 is 4.74 Å². The molecule has 0 radical (unpaired) electrons. The van der Waals surface area contributed by atoms with E-state index in [1.165, 1.54) is 0 Å². The number of ether oxygens (including phenoxy) is 1. The maximum Gasteiger partial charge on any atom is 0.574 e. The molecule has 0 spiro atoms. The van der Waals surface area contributed by atoms with E-state index < -0.39 is 53.0 Å². The number of halogens is 7. The minimum absolute atomic E-state index is 0.453. The van der Waals surface area contributed by atoms with Crippen LogP contribution in [-0.4, -0.2) is 22.4 Å². The van der Waals surface area contributed by atoms with Crippen LogP contribution in [0.2, 0.25) is 0 Å². The zero-order valence-corrected chi connectivity index (χ0v) is 11.4. The van der Waals surface area contributed by atoms with Crippen LogP contribution in [0.15, 0.2) is 6.07 Å². The summed E-state index contributed by atoms with van der Waals surface area (Å²) >= 11 is 2.70. The van der Waals surface area contributed by atoms with E-state index in [1.54, 1.807) is 0 Å². The summed E-state index contributed by atoms with van der Waals surface area (Å²) in [6.07, 6.45) is -11.3. The number of aromatic nitrogens is 1. The zero-order chi connectivity index (χ0) is 16.4. The quantitative estimate of drug-likeness (QED) is 0.640. The standard InChI is InChI=1S/C10H6BrF6NO3/c11-3-4-1-6(21-10(15,16)17)18-5(2-7(19)20)8(4)9(12,13)14/h1H,2-3H2,(H,19,20). The predicted octanol–water partition coefficient (Wildman–Crippen LogP) is 3.52. The van der Waals surface area contributed by atoms with Crippen molar-refractivity contribution in [2.75, 3.05) is 0 Å². The molecular weight excluding hydrogens is 376 g/mol. The first-order valence-corrected chi connectivity index (χ1v) is 6.19. The van der Waals surface area contributed by atoms with E-state index in [9.17, 15) is 31.1 Å². The van der Waals surface area contributed by atoms with Gasteiger partial charge in [0.05, 0.1) is 17.7 Å². The highest BCUT2D eigenvalue weighted by atomic mass is 79.9. The maximum atomic E-state index is 12.9. The van der Waals surface area contributed by atoms with Gasteiger partial charge in [-0.05, 0) is 5.56 Å². The first kappa shape index (κ1) is 17.5. The van der Waals surface area contributed by atoms with Crippen LogP contribution in [0.5, 0.6) is 5.88 Å². The summed E-state index contributed by atoms with van der Waals surface area (Å²) in [6.45, 7) is 0. The number of aliphatic carboxylic acids is 1. The molecule has 4 nitrogen and oxygen atoms in total. The monoisotopic (exact) mass is 381 g/mol. The molecule has 1 N–H and O–H groups in total. The summed E-state index contributed by atoms with van der Waals surface area (Å²) in [5.74, 6) is -2.82. The summed E-state index contributed by atoms with van der Waals surface area (Å²) < 4.78 is 78.4. The number of carbonyl (C=O) groups is 1. The molecule has 1 aromatic heterocycles. The highest BCUT2D eigenvalue weighted by molar-refractivity contribution is 9.08. The van der Waals surface area contributed by atoms with Crippen LogP contribution in [0.1, 0.15) is 16.8 Å². The molecule has 0 atom stereocenters. The van der Waals surface area contributed by atoms with Crippen molar-refractivity contribution in [3.05, 3.63) is 22.9 Å². The molecule has 0 aliphatic carbocycles. The van der Waals surface area contributed by atoms with E-state index in [-0.39, 0.29) is 0 Å². The number of rotatable bonds is 4. The van der Waals surface area contributed by atoms with Crippen molar-refractivity contribution in [2.24, 2.45) is 0 Å². The van der Waals surface area contributed by atoms with E-state index in [2.05, 4.69) is 25.7 Å². The third-order valence-electron chi connectivity index (χ3n) is 2.12. The number of pyridine rings is 1. The average Bonchev–Trinajstić information content (AvgIpc) is 2.22. The normalized spacial score (nSPS) is 12.3. The molecule has 0 saturated carbocycles. The van der Waals surface area contributed by atoms with E-state index >= 15 is 0 Å². The second-order valence-electron chi connectivity index (χ2n) is 3.69. The van der Waals surface area contributed by atoms with Gasteiger partial charge in [0.1, 0.15) is 0 Å². The Bertz CT molecular complexity index is 543. The summed E-state index contributed by atoms with van der Waals surface area (Å²) in [7, 11) is 0. The second kappa shape index (κ2) is 6.08. The lowest BCUT2D eigenvalue weighted by Crippen LogP contribution is -2.21. The maximum absolute atomic E-state index is 12.9. The first-order valence-electron chi connectivity index (χ1n) is 5.07. The number of nitrogens with zero attached hydrogens (tertiary/aromatic N) is 1. The van der Waals surface area contributed by atoms with Crippen molar-refractivity contribution in [1.82, 2.24) is 4.98 Å². The Morgan fingerprint density at radius 2 is 1.86 bits per heavy atom. The third-order valence-corrected chi connectivity index (χ3v) is 2.72. The summed E-state index contributed by atoms with van der Waals surface area (Å²) in [5, 5.41) is 8.11. The molecule has 1 rings (SSSR count). The van der Waals surface area contributed by atoms with Gasteiger partial charge in [0.15, 0.2) is 0 Å². The third kappa shape index (κ3) is 5.06. The number of alkyl halides is 7. The van der Waals surface area contributed by atoms with Gasteiger partial charge in [-0.3, -0.25) is 4.79 Å². The molecular formula is C10H6BrF6NO3. The van der Waals surface area contributed by atoms with Crippen molar-refractivity contribution in [3.63, 3.8) is 0 Å². The summed E-state index contributed by atoms with van der Waals surface area (Å²) in [4.78, 5) is 13.6. The van der Waals surface area contributed by atoms with Crippen LogP contribution in [0.25, 0.3) is 0 Å². The van der Waals surface area contributed by atoms with Gasteiger partial charge in [-0.15, -0.1) is 13.2 Å². The van der Waals surface area contributed by atoms with E-state index in [0.29, 0.717) is 6.07 Å². The fourth-order valence-electron chi connectivity index (χ4n) is 1.52. The molecule has 1 heterocycles. The van der Waals surface area contributed by atoms with Crippen molar-refractivity contribution >= 4 is 21.9 Å². The van der Waals surface area contributed by atoms with Gasteiger partial charge in [-0.25, -0.2) is 4.98 Å². The van der Waals surface area contributed by atoms with E-state index in [0.717, 1.165) is 0 Å². The van der Waals surface area contributed by atoms with E-state index in [1.807, 2.05) is 0 Å². The Kier molecular flexibility index (Phi) is 5.07. The minimum atomic E-state index is -5.16. The van der Waals surface area contributed by atoms with Crippen LogP contribution in [0, 0.1) is 0 Å². The van der Waals surface area contributed by atoms with Gasteiger partial charge < -0.3 is 9.84 Å². The molecule has 11 heteroatoms. The first-order chi connectivity index (χ1) is 9.44. The lowest BCUT2D eigenvalue weighted by molar-refractivity contribution is -0.276. The van der Waals surface area contributed by atoms with Gasteiger partial charge in [0, 0.05) is 11.4 Å². The van der Waals surface area contributed by atoms with Gasteiger partial charge in [0.2, 0.25) is 5.88 Å². The number of carboxylic acid groups (broad SMARTS) is 1. The average molecular weight is 382 g/mol. The van der Waals surface area contributed by atoms with Gasteiger partial charge in [0.25, 0.3) is 0 Å². The van der Waals surface area contributed by atoms with E-state index in [4.69, 9.17) is 5.11 Å². The summed E-state index contributed by atoms with van der Waals surface area (Å²) in [5.41, 5.74) is -3.05. The summed E-state index contributed by atoms with van der Waals surface area (Å²) in [6, 6.07) is 0.455. The van der Waals surface area contributed by atoms with Gasteiger partial charge in [-0.2, -0.15) is 13.2 Å². The molecule has 0 aliphatic heterocycles. The smallest absolute Gasteiger partial charge is 0.481 e. The molecule has 21 heavy (non-hydrogen) atoms. The number of hydrogen-bond acceptors (Lipinski definition) is 3. The fraction of sp³-hybridized carbons (Fsp3) is 0.400. The predicted molar refractivity (Wildman–Crippen MR) is 59.9 cm³/mol. The Morgan fingerprint density at radius 3 is 2.24 bits per heavy atom. The topological polar surface area (TPSA) is 59.4 Å². The van der Waals surface area contributed by atoms with Gasteiger partial charge >= 0.3 is 18.5 Å². The van der Waals surface area contributed by atoms with Crippen LogP contribution in [0.3, 0.4) is 0 Å². The van der Waals surface area contributed by atoms with Crippen molar-refractivity contribution in [1.29, 1.82) is 0 Å². The molecule has 118 valence electrons. The Balaban J connectivity index is 3.46. The number of hydrogen-bond donors (Lipinski definition) is 1. The van der Waals surface area contributed by atoms with Crippen LogP contribution in [0.4, 0.5) is 26.3 Å². The molecule has 0 unspecified atom stereocenters. The van der Waals surface area contributed by atoms with Gasteiger partial charge in [-0.1, -0.05) is 15.9 Å². The minimum Gasteiger partial charge on any atom is -0.481 e. The molecule has 0 bridgehead atoms. The molecule has 0 saturated heterocycles. The lowest BCUT2D eigenvalue weighted by Gasteiger charge is -2.17. The largest absolute Gasteiger partial charge is 0.574 e. The highest BCUT2D eigenvalue weighted by Crippen LogP contribution is 2.37. The Labute approximate surface area is 121 Å². The molecule has 0 aromatic carbocycles. The van der Waals surface area contributed by atoms with Crippen LogP contribution >= 0.6 is 15.9 Å².